The van der Waals surface area contributed by atoms with Gasteiger partial charge >= 0.3 is 0 Å². The van der Waals surface area contributed by atoms with Crippen molar-refractivity contribution in [2.24, 2.45) is 0 Å². The molecule has 0 bridgehead atoms. The molecule has 2 aromatic carbocycles. The molecule has 7 heteroatoms. The molecule has 0 radical (unpaired) electrons. The van der Waals surface area contributed by atoms with Gasteiger partial charge < -0.3 is 0 Å². The third-order valence-electron chi connectivity index (χ3n) is 2.43. The molecule has 0 aromatic heterocycles. The Morgan fingerprint density at radius 1 is 1.15 bits per heavy atom. The SMILES string of the molecule is O=S(=O)(NOCc1ccccc1)c1ccc(Br)cc1Cl. The second-order valence-electron chi connectivity index (χ2n) is 3.94. The summed E-state index contributed by atoms with van der Waals surface area (Å²) in [6.45, 7) is 0.133. The van der Waals surface area contributed by atoms with Gasteiger partial charge in [0.05, 0.1) is 11.6 Å². The number of rotatable bonds is 5. The average Bonchev–Trinajstić information content (AvgIpc) is 2.39. The summed E-state index contributed by atoms with van der Waals surface area (Å²) in [6.07, 6.45) is 0. The maximum Gasteiger partial charge on any atom is 0.263 e. The summed E-state index contributed by atoms with van der Waals surface area (Å²) in [5, 5.41) is 0.121. The van der Waals surface area contributed by atoms with Gasteiger partial charge in [-0.05, 0) is 23.8 Å². The van der Waals surface area contributed by atoms with Gasteiger partial charge in [-0.25, -0.2) is 8.42 Å². The number of benzene rings is 2. The maximum absolute atomic E-state index is 12.0. The van der Waals surface area contributed by atoms with E-state index in [1.807, 2.05) is 30.3 Å². The number of sulfonamides is 1. The molecular formula is C13H11BrClNO3S. The zero-order chi connectivity index (χ0) is 14.6. The molecule has 0 aliphatic heterocycles. The fourth-order valence-corrected chi connectivity index (χ4v) is 3.35. The van der Waals surface area contributed by atoms with Gasteiger partial charge in [-0.1, -0.05) is 62.7 Å². The van der Waals surface area contributed by atoms with Crippen LogP contribution in [-0.2, 0) is 21.5 Å². The topological polar surface area (TPSA) is 55.4 Å². The summed E-state index contributed by atoms with van der Waals surface area (Å²) in [6, 6.07) is 13.7. The lowest BCUT2D eigenvalue weighted by Crippen LogP contribution is -2.24. The molecular weight excluding hydrogens is 366 g/mol. The zero-order valence-corrected chi connectivity index (χ0v) is 13.4. The predicted molar refractivity (Wildman–Crippen MR) is 80.7 cm³/mol. The van der Waals surface area contributed by atoms with E-state index >= 15 is 0 Å². The molecule has 106 valence electrons. The molecule has 0 saturated heterocycles. The van der Waals surface area contributed by atoms with Crippen LogP contribution in [0, 0.1) is 0 Å². The lowest BCUT2D eigenvalue weighted by atomic mass is 10.2. The Bertz CT molecular complexity index is 692. The van der Waals surface area contributed by atoms with E-state index in [-0.39, 0.29) is 16.5 Å². The van der Waals surface area contributed by atoms with Crippen molar-refractivity contribution in [3.63, 3.8) is 0 Å². The first-order valence-electron chi connectivity index (χ1n) is 5.61. The number of nitrogens with one attached hydrogen (secondary N) is 1. The zero-order valence-electron chi connectivity index (χ0n) is 10.2. The Kier molecular flexibility index (Phi) is 5.17. The molecule has 4 nitrogen and oxygen atoms in total. The van der Waals surface area contributed by atoms with Crippen molar-refractivity contribution < 1.29 is 13.3 Å². The first-order chi connectivity index (χ1) is 9.49. The van der Waals surface area contributed by atoms with E-state index in [0.717, 1.165) is 5.56 Å². The average molecular weight is 377 g/mol. The molecule has 0 saturated carbocycles. The van der Waals surface area contributed by atoms with Crippen LogP contribution in [0.25, 0.3) is 0 Å². The highest BCUT2D eigenvalue weighted by molar-refractivity contribution is 9.10. The van der Waals surface area contributed by atoms with E-state index in [2.05, 4.69) is 20.8 Å². The summed E-state index contributed by atoms with van der Waals surface area (Å²) >= 11 is 9.12. The standard InChI is InChI=1S/C13H11BrClNO3S/c14-11-6-7-13(12(15)8-11)20(17,18)16-19-9-10-4-2-1-3-5-10/h1-8,16H,9H2. The highest BCUT2D eigenvalue weighted by atomic mass is 79.9. The van der Waals surface area contributed by atoms with Crippen molar-refractivity contribution in [3.8, 4) is 0 Å². The van der Waals surface area contributed by atoms with Crippen LogP contribution in [0.4, 0.5) is 0 Å². The molecule has 0 unspecified atom stereocenters. The molecule has 20 heavy (non-hydrogen) atoms. The third-order valence-corrected chi connectivity index (χ3v) is 4.62. The van der Waals surface area contributed by atoms with Crippen molar-refractivity contribution in [3.05, 3.63) is 63.6 Å². The van der Waals surface area contributed by atoms with E-state index in [4.69, 9.17) is 16.4 Å². The molecule has 0 aliphatic rings. The molecule has 0 spiro atoms. The van der Waals surface area contributed by atoms with E-state index < -0.39 is 10.0 Å². The van der Waals surface area contributed by atoms with Crippen LogP contribution < -0.4 is 4.89 Å². The molecule has 0 heterocycles. The summed E-state index contributed by atoms with van der Waals surface area (Å²) in [5.41, 5.74) is 0.858. The fourth-order valence-electron chi connectivity index (χ4n) is 1.50. The molecule has 0 amide bonds. The predicted octanol–water partition coefficient (Wildman–Crippen LogP) is 3.51. The molecule has 0 aliphatic carbocycles. The van der Waals surface area contributed by atoms with Gasteiger partial charge in [0.1, 0.15) is 4.90 Å². The number of halogens is 2. The Hall–Kier alpha value is -0.920. The maximum atomic E-state index is 12.0. The molecule has 2 rings (SSSR count). The molecule has 0 atom stereocenters. The Morgan fingerprint density at radius 2 is 1.85 bits per heavy atom. The molecule has 1 N–H and O–H groups in total. The third kappa shape index (κ3) is 4.04. The van der Waals surface area contributed by atoms with Crippen LogP contribution in [0.5, 0.6) is 0 Å². The Labute approximate surface area is 130 Å². The Morgan fingerprint density at radius 3 is 2.50 bits per heavy atom. The van der Waals surface area contributed by atoms with Gasteiger partial charge in [0.25, 0.3) is 10.0 Å². The number of hydrogen-bond acceptors (Lipinski definition) is 3. The van der Waals surface area contributed by atoms with Crippen molar-refractivity contribution in [2.75, 3.05) is 0 Å². The van der Waals surface area contributed by atoms with Crippen molar-refractivity contribution in [2.45, 2.75) is 11.5 Å². The quantitative estimate of drug-likeness (QED) is 0.812. The monoisotopic (exact) mass is 375 g/mol. The minimum absolute atomic E-state index is 0.0320. The molecule has 2 aromatic rings. The van der Waals surface area contributed by atoms with Crippen LogP contribution >= 0.6 is 27.5 Å². The van der Waals surface area contributed by atoms with E-state index in [0.29, 0.717) is 4.47 Å². The highest BCUT2D eigenvalue weighted by Crippen LogP contribution is 2.25. The van der Waals surface area contributed by atoms with Crippen LogP contribution in [0.2, 0.25) is 5.02 Å². The minimum Gasteiger partial charge on any atom is -0.282 e. The lowest BCUT2D eigenvalue weighted by Gasteiger charge is -2.09. The van der Waals surface area contributed by atoms with Crippen LogP contribution in [0.15, 0.2) is 57.9 Å². The van der Waals surface area contributed by atoms with Crippen LogP contribution in [0.3, 0.4) is 0 Å². The van der Waals surface area contributed by atoms with Crippen molar-refractivity contribution in [1.29, 1.82) is 0 Å². The van der Waals surface area contributed by atoms with Crippen molar-refractivity contribution in [1.82, 2.24) is 4.89 Å². The van der Waals surface area contributed by atoms with E-state index in [1.54, 1.807) is 6.07 Å². The normalized spacial score (nSPS) is 11.5. The fraction of sp³-hybridized carbons (Fsp3) is 0.0769. The largest absolute Gasteiger partial charge is 0.282 e. The van der Waals surface area contributed by atoms with Gasteiger partial charge in [0.15, 0.2) is 0 Å². The van der Waals surface area contributed by atoms with Gasteiger partial charge in [-0.15, -0.1) is 0 Å². The first kappa shape index (κ1) is 15.5. The lowest BCUT2D eigenvalue weighted by molar-refractivity contribution is 0.0795. The van der Waals surface area contributed by atoms with Gasteiger partial charge in [0.2, 0.25) is 0 Å². The second-order valence-corrected chi connectivity index (χ2v) is 6.87. The van der Waals surface area contributed by atoms with Crippen LogP contribution in [-0.4, -0.2) is 8.42 Å². The van der Waals surface area contributed by atoms with E-state index in [1.165, 1.54) is 12.1 Å². The highest BCUT2D eigenvalue weighted by Gasteiger charge is 2.18. The minimum atomic E-state index is -3.80. The summed E-state index contributed by atoms with van der Waals surface area (Å²) in [7, 11) is -3.80. The summed E-state index contributed by atoms with van der Waals surface area (Å²) in [4.78, 5) is 7.04. The Balaban J connectivity index is 2.04. The smallest absolute Gasteiger partial charge is 0.263 e. The summed E-state index contributed by atoms with van der Waals surface area (Å²) < 4.78 is 24.7. The van der Waals surface area contributed by atoms with Gasteiger partial charge in [0, 0.05) is 4.47 Å². The molecule has 0 fully saturated rings. The summed E-state index contributed by atoms with van der Waals surface area (Å²) in [5.74, 6) is 0. The van der Waals surface area contributed by atoms with E-state index in [9.17, 15) is 8.42 Å². The second kappa shape index (κ2) is 6.69. The number of hydrogen-bond donors (Lipinski definition) is 1. The first-order valence-corrected chi connectivity index (χ1v) is 8.27. The van der Waals surface area contributed by atoms with Gasteiger partial charge in [-0.3, -0.25) is 4.84 Å². The van der Waals surface area contributed by atoms with Gasteiger partial charge in [-0.2, -0.15) is 0 Å². The van der Waals surface area contributed by atoms with Crippen LogP contribution in [0.1, 0.15) is 5.56 Å². The van der Waals surface area contributed by atoms with Crippen molar-refractivity contribution >= 4 is 37.6 Å².